The largest absolute Gasteiger partial charge is 0.496 e. The van der Waals surface area contributed by atoms with Crippen molar-refractivity contribution in [2.75, 3.05) is 7.11 Å². The van der Waals surface area contributed by atoms with Gasteiger partial charge in [0.2, 0.25) is 0 Å². The Kier molecular flexibility index (Phi) is 6.63. The number of carbonyl (C=O) groups is 1. The molecule has 2 aromatic carbocycles. The van der Waals surface area contributed by atoms with E-state index >= 15 is 0 Å². The lowest BCUT2D eigenvalue weighted by Crippen LogP contribution is -2.28. The molecule has 8 heteroatoms. The van der Waals surface area contributed by atoms with Gasteiger partial charge in [-0.1, -0.05) is 35.0 Å². The summed E-state index contributed by atoms with van der Waals surface area (Å²) in [6.45, 7) is 3.90. The van der Waals surface area contributed by atoms with Crippen LogP contribution in [0.4, 0.5) is 0 Å². The zero-order valence-corrected chi connectivity index (χ0v) is 21.4. The summed E-state index contributed by atoms with van der Waals surface area (Å²) in [6.07, 6.45) is 1.75. The Morgan fingerprint density at radius 1 is 1.08 bits per heavy atom. The molecular formula is C29H24ClN3O4. The topological polar surface area (TPSA) is 87.2 Å². The minimum atomic E-state index is -0.385. The summed E-state index contributed by atoms with van der Waals surface area (Å²) in [7, 11) is 1.58. The highest BCUT2D eigenvalue weighted by Crippen LogP contribution is 2.37. The van der Waals surface area contributed by atoms with Crippen LogP contribution < -0.4 is 10.3 Å². The molecule has 0 fully saturated rings. The summed E-state index contributed by atoms with van der Waals surface area (Å²) in [5.74, 6) is 0.936. The molecule has 0 aliphatic carbocycles. The van der Waals surface area contributed by atoms with Crippen molar-refractivity contribution < 1.29 is 14.1 Å². The first-order chi connectivity index (χ1) is 17.9. The zero-order valence-electron chi connectivity index (χ0n) is 20.6. The highest BCUT2D eigenvalue weighted by molar-refractivity contribution is 6.30. The number of aryl methyl sites for hydroxylation is 2. The molecule has 7 nitrogen and oxygen atoms in total. The number of nitrogens with zero attached hydrogens (tertiary/aromatic N) is 3. The van der Waals surface area contributed by atoms with Crippen molar-refractivity contribution in [1.29, 1.82) is 0 Å². The molecule has 37 heavy (non-hydrogen) atoms. The molecule has 0 saturated carbocycles. The molecule has 0 atom stereocenters. The quantitative estimate of drug-likeness (QED) is 0.255. The molecule has 0 spiro atoms. The predicted octanol–water partition coefficient (Wildman–Crippen LogP) is 5.80. The lowest BCUT2D eigenvalue weighted by atomic mass is 9.98. The van der Waals surface area contributed by atoms with Crippen LogP contribution in [0.3, 0.4) is 0 Å². The Bertz CT molecular complexity index is 1650. The second-order valence-corrected chi connectivity index (χ2v) is 9.24. The average Bonchev–Trinajstić information content (AvgIpc) is 3.24. The maximum atomic E-state index is 13.7. The predicted molar refractivity (Wildman–Crippen MR) is 143 cm³/mol. The molecule has 5 aromatic rings. The fraction of sp³-hybridized carbons (Fsp3) is 0.172. The summed E-state index contributed by atoms with van der Waals surface area (Å²) in [6, 6.07) is 17.9. The fourth-order valence-corrected chi connectivity index (χ4v) is 4.66. The summed E-state index contributed by atoms with van der Waals surface area (Å²) in [5, 5.41) is 5.37. The molecule has 0 N–H and O–H groups in total. The SMILES string of the molecule is COc1cc2c(cc1-c1c(C)noc1C)cc(C(=O)Cc1ccc(Cl)cc1)c(=O)n2Cc1ccccn1. The lowest BCUT2D eigenvalue weighted by molar-refractivity contribution is 0.0991. The molecule has 186 valence electrons. The van der Waals surface area contributed by atoms with Crippen LogP contribution in [0.5, 0.6) is 5.75 Å². The lowest BCUT2D eigenvalue weighted by Gasteiger charge is -2.16. The molecule has 0 unspecified atom stereocenters. The Labute approximate surface area is 218 Å². The Hall–Kier alpha value is -4.23. The number of fused-ring (bicyclic) bond motifs is 1. The minimum Gasteiger partial charge on any atom is -0.496 e. The van der Waals surface area contributed by atoms with Crippen LogP contribution in [-0.2, 0) is 13.0 Å². The van der Waals surface area contributed by atoms with Gasteiger partial charge in [0.1, 0.15) is 11.5 Å². The highest BCUT2D eigenvalue weighted by atomic mass is 35.5. The Morgan fingerprint density at radius 2 is 1.86 bits per heavy atom. The third kappa shape index (κ3) is 4.78. The van der Waals surface area contributed by atoms with E-state index in [0.717, 1.165) is 22.4 Å². The molecule has 3 aromatic heterocycles. The van der Waals surface area contributed by atoms with Crippen molar-refractivity contribution in [1.82, 2.24) is 14.7 Å². The second-order valence-electron chi connectivity index (χ2n) is 8.81. The van der Waals surface area contributed by atoms with Gasteiger partial charge in [-0.15, -0.1) is 0 Å². The fourth-order valence-electron chi connectivity index (χ4n) is 4.53. The van der Waals surface area contributed by atoms with Crippen molar-refractivity contribution >= 4 is 28.3 Å². The molecule has 3 heterocycles. The van der Waals surface area contributed by atoms with E-state index in [1.54, 1.807) is 48.2 Å². The number of hydrogen-bond acceptors (Lipinski definition) is 6. The molecule has 0 radical (unpaired) electrons. The van der Waals surface area contributed by atoms with Gasteiger partial charge in [0.05, 0.1) is 41.7 Å². The second kappa shape index (κ2) is 10.0. The van der Waals surface area contributed by atoms with Gasteiger partial charge in [0.25, 0.3) is 5.56 Å². The number of hydrogen-bond donors (Lipinski definition) is 0. The number of carbonyl (C=O) groups excluding carboxylic acids is 1. The van der Waals surface area contributed by atoms with Crippen LogP contribution in [0.2, 0.25) is 5.02 Å². The van der Waals surface area contributed by atoms with E-state index in [4.69, 9.17) is 20.9 Å². The number of rotatable bonds is 7. The standard InChI is InChI=1S/C29H24ClN3O4/c1-17-28(18(2)37-32-17)24-14-20-13-23(26(34)12-19-7-9-21(30)10-8-19)29(35)33(25(20)15-27(24)36-3)16-22-6-4-5-11-31-22/h4-11,13-15H,12,16H2,1-3H3. The summed E-state index contributed by atoms with van der Waals surface area (Å²) in [4.78, 5) is 31.5. The van der Waals surface area contributed by atoms with Crippen LogP contribution in [0, 0.1) is 13.8 Å². The van der Waals surface area contributed by atoms with E-state index in [9.17, 15) is 9.59 Å². The van der Waals surface area contributed by atoms with Gasteiger partial charge in [-0.25, -0.2) is 0 Å². The van der Waals surface area contributed by atoms with E-state index in [0.29, 0.717) is 33.1 Å². The van der Waals surface area contributed by atoms with E-state index in [1.807, 2.05) is 44.2 Å². The normalized spacial score (nSPS) is 11.1. The molecule has 0 bridgehead atoms. The van der Waals surface area contributed by atoms with Crippen LogP contribution in [0.1, 0.15) is 33.1 Å². The van der Waals surface area contributed by atoms with Crippen LogP contribution in [0.15, 0.2) is 76.2 Å². The van der Waals surface area contributed by atoms with Crippen LogP contribution >= 0.6 is 11.6 Å². The number of halogens is 1. The Morgan fingerprint density at radius 3 is 2.51 bits per heavy atom. The van der Waals surface area contributed by atoms with Gasteiger partial charge >= 0.3 is 0 Å². The number of methoxy groups -OCH3 is 1. The molecule has 0 aliphatic heterocycles. The maximum Gasteiger partial charge on any atom is 0.262 e. The Balaban J connectivity index is 1.72. The zero-order chi connectivity index (χ0) is 26.1. The summed E-state index contributed by atoms with van der Waals surface area (Å²) >= 11 is 5.99. The molecule has 5 rings (SSSR count). The number of benzene rings is 2. The molecule has 0 saturated heterocycles. The monoisotopic (exact) mass is 513 g/mol. The van der Waals surface area contributed by atoms with Crippen molar-refractivity contribution in [2.45, 2.75) is 26.8 Å². The van der Waals surface area contributed by atoms with Gasteiger partial charge in [-0.3, -0.25) is 14.6 Å². The maximum absolute atomic E-state index is 13.7. The van der Waals surface area contributed by atoms with Gasteiger partial charge in [0, 0.05) is 34.7 Å². The van der Waals surface area contributed by atoms with Gasteiger partial charge < -0.3 is 13.8 Å². The molecular weight excluding hydrogens is 490 g/mol. The van der Waals surface area contributed by atoms with Crippen LogP contribution in [0.25, 0.3) is 22.0 Å². The smallest absolute Gasteiger partial charge is 0.262 e. The first-order valence-electron chi connectivity index (χ1n) is 11.7. The summed E-state index contributed by atoms with van der Waals surface area (Å²) in [5.41, 5.74) is 4.12. The van der Waals surface area contributed by atoms with E-state index in [1.165, 1.54) is 0 Å². The first kappa shape index (κ1) is 24.5. The summed E-state index contributed by atoms with van der Waals surface area (Å²) < 4.78 is 12.7. The average molecular weight is 514 g/mol. The third-order valence-electron chi connectivity index (χ3n) is 6.34. The van der Waals surface area contributed by atoms with Gasteiger partial charge in [-0.05, 0) is 55.8 Å². The van der Waals surface area contributed by atoms with Crippen molar-refractivity contribution in [3.8, 4) is 16.9 Å². The van der Waals surface area contributed by atoms with Crippen molar-refractivity contribution in [3.63, 3.8) is 0 Å². The third-order valence-corrected chi connectivity index (χ3v) is 6.59. The number of aromatic nitrogens is 3. The first-order valence-corrected chi connectivity index (χ1v) is 12.1. The van der Waals surface area contributed by atoms with Crippen molar-refractivity contribution in [3.05, 3.63) is 111 Å². The van der Waals surface area contributed by atoms with Crippen LogP contribution in [-0.4, -0.2) is 27.6 Å². The van der Waals surface area contributed by atoms with Gasteiger partial charge in [0.15, 0.2) is 5.78 Å². The van der Waals surface area contributed by atoms with E-state index in [-0.39, 0.29) is 29.9 Å². The van der Waals surface area contributed by atoms with Crippen molar-refractivity contribution in [2.24, 2.45) is 0 Å². The molecule has 0 amide bonds. The van der Waals surface area contributed by atoms with Gasteiger partial charge in [-0.2, -0.15) is 0 Å². The number of ketones is 1. The number of Topliss-reactive ketones (excluding diaryl/α,β-unsaturated/α-hetero) is 1. The number of pyridine rings is 2. The van der Waals surface area contributed by atoms with E-state index < -0.39 is 0 Å². The number of ether oxygens (including phenoxy) is 1. The highest BCUT2D eigenvalue weighted by Gasteiger charge is 2.21. The minimum absolute atomic E-state index is 0.0778. The van der Waals surface area contributed by atoms with E-state index in [2.05, 4.69) is 10.1 Å². The molecule has 0 aliphatic rings.